The van der Waals surface area contributed by atoms with Gasteiger partial charge in [-0.2, -0.15) is 12.6 Å². The van der Waals surface area contributed by atoms with Crippen LogP contribution in [-0.4, -0.2) is 70.6 Å². The Balaban J connectivity index is 2.98. The summed E-state index contributed by atoms with van der Waals surface area (Å²) in [4.78, 5) is 10.6. The third-order valence-electron chi connectivity index (χ3n) is 2.65. The minimum Gasteiger partial charge on any atom is -0.379 e. The highest BCUT2D eigenvalue weighted by Gasteiger charge is 1.96. The molecule has 6 nitrogen and oxygen atoms in total. The van der Waals surface area contributed by atoms with E-state index in [0.717, 1.165) is 19.4 Å². The molecular formula is C15H31NO5S. The van der Waals surface area contributed by atoms with E-state index in [1.165, 1.54) is 6.92 Å². The van der Waals surface area contributed by atoms with E-state index in [0.29, 0.717) is 58.0 Å². The van der Waals surface area contributed by atoms with Crippen molar-refractivity contribution in [3.63, 3.8) is 0 Å². The van der Waals surface area contributed by atoms with Crippen LogP contribution in [0.2, 0.25) is 0 Å². The first-order chi connectivity index (χ1) is 10.6. The molecule has 0 fully saturated rings. The van der Waals surface area contributed by atoms with Gasteiger partial charge < -0.3 is 24.3 Å². The third kappa shape index (κ3) is 19.7. The van der Waals surface area contributed by atoms with Crippen molar-refractivity contribution in [3.8, 4) is 0 Å². The highest BCUT2D eigenvalue weighted by Crippen LogP contribution is 2.02. The molecule has 0 heterocycles. The first kappa shape index (κ1) is 21.7. The fourth-order valence-corrected chi connectivity index (χ4v) is 1.72. The van der Waals surface area contributed by atoms with E-state index >= 15 is 0 Å². The molecule has 1 N–H and O–H groups in total. The first-order valence-electron chi connectivity index (χ1n) is 7.86. The maximum Gasteiger partial charge on any atom is 0.216 e. The van der Waals surface area contributed by atoms with Gasteiger partial charge in [0.05, 0.1) is 46.2 Å². The van der Waals surface area contributed by atoms with Crippen LogP contribution in [0.25, 0.3) is 0 Å². The molecule has 0 spiro atoms. The van der Waals surface area contributed by atoms with Gasteiger partial charge in [0.15, 0.2) is 0 Å². The second kappa shape index (κ2) is 17.0. The van der Waals surface area contributed by atoms with Gasteiger partial charge in [-0.25, -0.2) is 0 Å². The van der Waals surface area contributed by atoms with Gasteiger partial charge in [0.25, 0.3) is 0 Å². The molecule has 0 saturated carbocycles. The van der Waals surface area contributed by atoms with Gasteiger partial charge in [0.1, 0.15) is 0 Å². The predicted molar refractivity (Wildman–Crippen MR) is 89.6 cm³/mol. The van der Waals surface area contributed by atoms with Crippen molar-refractivity contribution in [2.75, 3.05) is 59.4 Å². The van der Waals surface area contributed by atoms with E-state index in [4.69, 9.17) is 18.9 Å². The quantitative estimate of drug-likeness (QED) is 0.328. The van der Waals surface area contributed by atoms with E-state index in [-0.39, 0.29) is 5.91 Å². The molecule has 7 heteroatoms. The maximum atomic E-state index is 10.6. The second-order valence-electron chi connectivity index (χ2n) is 4.92. The van der Waals surface area contributed by atoms with Crippen LogP contribution in [0.1, 0.15) is 26.7 Å². The van der Waals surface area contributed by atoms with Crippen LogP contribution in [-0.2, 0) is 23.7 Å². The summed E-state index contributed by atoms with van der Waals surface area (Å²) in [7, 11) is 0. The highest BCUT2D eigenvalue weighted by molar-refractivity contribution is 7.80. The van der Waals surface area contributed by atoms with Gasteiger partial charge in [-0.1, -0.05) is 6.92 Å². The van der Waals surface area contributed by atoms with Gasteiger partial charge >= 0.3 is 0 Å². The number of rotatable bonds is 16. The monoisotopic (exact) mass is 337 g/mol. The lowest BCUT2D eigenvalue weighted by molar-refractivity contribution is -0.119. The van der Waals surface area contributed by atoms with Crippen LogP contribution in [0.3, 0.4) is 0 Å². The molecule has 0 aromatic carbocycles. The molecule has 0 radical (unpaired) electrons. The minimum atomic E-state index is -0.0442. The lowest BCUT2D eigenvalue weighted by atomic mass is 10.2. The molecular weight excluding hydrogens is 306 g/mol. The van der Waals surface area contributed by atoms with Crippen LogP contribution >= 0.6 is 12.6 Å². The average Bonchev–Trinajstić information content (AvgIpc) is 2.46. The summed E-state index contributed by atoms with van der Waals surface area (Å²) in [5.41, 5.74) is 0. The summed E-state index contributed by atoms with van der Waals surface area (Å²) in [6.07, 6.45) is 2.11. The fraction of sp³-hybridized carbons (Fsp3) is 0.933. The average molecular weight is 337 g/mol. The number of hydrogen-bond acceptors (Lipinski definition) is 6. The lowest BCUT2D eigenvalue weighted by Gasteiger charge is -2.08. The van der Waals surface area contributed by atoms with E-state index in [1.807, 2.05) is 0 Å². The van der Waals surface area contributed by atoms with Crippen molar-refractivity contribution in [1.82, 2.24) is 5.32 Å². The van der Waals surface area contributed by atoms with Crippen molar-refractivity contribution in [3.05, 3.63) is 0 Å². The van der Waals surface area contributed by atoms with Gasteiger partial charge in [-0.15, -0.1) is 0 Å². The Morgan fingerprint density at radius 3 is 1.82 bits per heavy atom. The predicted octanol–water partition coefficient (Wildman–Crippen LogP) is 1.29. The molecule has 0 aliphatic carbocycles. The summed E-state index contributed by atoms with van der Waals surface area (Å²) < 4.78 is 21.4. The molecule has 0 aliphatic heterocycles. The number of carbonyl (C=O) groups excluding carboxylic acids is 1. The van der Waals surface area contributed by atoms with E-state index in [2.05, 4.69) is 24.9 Å². The molecule has 22 heavy (non-hydrogen) atoms. The molecule has 0 aromatic rings. The lowest BCUT2D eigenvalue weighted by Crippen LogP contribution is -2.25. The Kier molecular flexibility index (Phi) is 16.8. The minimum absolute atomic E-state index is 0.0442. The number of ether oxygens (including phenoxy) is 4. The molecule has 0 aromatic heterocycles. The van der Waals surface area contributed by atoms with Crippen molar-refractivity contribution in [1.29, 1.82) is 0 Å². The Morgan fingerprint density at radius 2 is 1.36 bits per heavy atom. The van der Waals surface area contributed by atoms with E-state index < -0.39 is 0 Å². The SMILES string of the molecule is CC(=O)NCCOCCOCCOCCOCCCC(C)S. The van der Waals surface area contributed by atoms with E-state index in [1.54, 1.807) is 0 Å². The molecule has 0 bridgehead atoms. The molecule has 0 rings (SSSR count). The Hall–Kier alpha value is -0.340. The third-order valence-corrected chi connectivity index (χ3v) is 2.91. The molecule has 132 valence electrons. The maximum absolute atomic E-state index is 10.6. The van der Waals surface area contributed by atoms with Crippen LogP contribution in [0.5, 0.6) is 0 Å². The molecule has 1 amide bonds. The van der Waals surface area contributed by atoms with Crippen LogP contribution < -0.4 is 5.32 Å². The van der Waals surface area contributed by atoms with Crippen molar-refractivity contribution in [2.24, 2.45) is 0 Å². The van der Waals surface area contributed by atoms with Crippen LogP contribution in [0.4, 0.5) is 0 Å². The molecule has 0 saturated heterocycles. The Morgan fingerprint density at radius 1 is 0.909 bits per heavy atom. The molecule has 1 unspecified atom stereocenters. The number of amides is 1. The summed E-state index contributed by atoms with van der Waals surface area (Å²) >= 11 is 4.31. The standard InChI is InChI=1S/C15H31NO5S/c1-14(22)4-3-6-18-8-10-20-12-13-21-11-9-19-7-5-16-15(2)17/h14,22H,3-13H2,1-2H3,(H,16,17). The number of hydrogen-bond donors (Lipinski definition) is 2. The second-order valence-corrected chi connectivity index (χ2v) is 5.81. The van der Waals surface area contributed by atoms with E-state index in [9.17, 15) is 4.79 Å². The Bertz CT molecular complexity index is 254. The zero-order valence-electron chi connectivity index (χ0n) is 13.8. The summed E-state index contributed by atoms with van der Waals surface area (Å²) in [6, 6.07) is 0. The fourth-order valence-electron chi connectivity index (χ4n) is 1.54. The van der Waals surface area contributed by atoms with Gasteiger partial charge in [-0.3, -0.25) is 4.79 Å². The number of nitrogens with one attached hydrogen (secondary N) is 1. The molecule has 1 atom stereocenters. The van der Waals surface area contributed by atoms with Gasteiger partial charge in [0.2, 0.25) is 5.91 Å². The molecule has 0 aliphatic rings. The highest BCUT2D eigenvalue weighted by atomic mass is 32.1. The van der Waals surface area contributed by atoms with Gasteiger partial charge in [-0.05, 0) is 18.1 Å². The van der Waals surface area contributed by atoms with Crippen molar-refractivity contribution in [2.45, 2.75) is 31.9 Å². The van der Waals surface area contributed by atoms with Crippen molar-refractivity contribution >= 4 is 18.5 Å². The first-order valence-corrected chi connectivity index (χ1v) is 8.38. The zero-order valence-corrected chi connectivity index (χ0v) is 14.7. The smallest absolute Gasteiger partial charge is 0.216 e. The summed E-state index contributed by atoms with van der Waals surface area (Å²) in [5, 5.41) is 3.09. The largest absolute Gasteiger partial charge is 0.379 e. The number of thiol groups is 1. The zero-order chi connectivity index (χ0) is 16.5. The van der Waals surface area contributed by atoms with Crippen molar-refractivity contribution < 1.29 is 23.7 Å². The van der Waals surface area contributed by atoms with Crippen LogP contribution in [0.15, 0.2) is 0 Å². The normalized spacial score (nSPS) is 12.3. The summed E-state index contributed by atoms with van der Waals surface area (Å²) in [6.45, 7) is 8.73. The topological polar surface area (TPSA) is 66.0 Å². The summed E-state index contributed by atoms with van der Waals surface area (Å²) in [5.74, 6) is -0.0442. The van der Waals surface area contributed by atoms with Crippen LogP contribution in [0, 0.1) is 0 Å². The Labute approximate surface area is 139 Å². The van der Waals surface area contributed by atoms with Gasteiger partial charge in [0, 0.05) is 20.1 Å². The number of carbonyl (C=O) groups is 1.